The van der Waals surface area contributed by atoms with Gasteiger partial charge in [0.05, 0.1) is 5.92 Å². The second-order valence-corrected chi connectivity index (χ2v) is 7.83. The maximum Gasteiger partial charge on any atom is 0.227 e. The van der Waals surface area contributed by atoms with E-state index >= 15 is 0 Å². The molecule has 2 aromatic carbocycles. The molecule has 0 bridgehead atoms. The van der Waals surface area contributed by atoms with Gasteiger partial charge in [-0.25, -0.2) is 0 Å². The van der Waals surface area contributed by atoms with Crippen LogP contribution in [0.25, 0.3) is 0 Å². The summed E-state index contributed by atoms with van der Waals surface area (Å²) in [5.74, 6) is -0.454. The fraction of sp³-hybridized carbons (Fsp3) is 0.364. The molecule has 2 aromatic rings. The Labute approximate surface area is 170 Å². The molecule has 6 heteroatoms. The Morgan fingerprint density at radius 1 is 1.04 bits per heavy atom. The van der Waals surface area contributed by atoms with Gasteiger partial charge in [0.1, 0.15) is 0 Å². The van der Waals surface area contributed by atoms with Crippen molar-refractivity contribution in [3.8, 4) is 0 Å². The van der Waals surface area contributed by atoms with Crippen LogP contribution in [-0.4, -0.2) is 31.4 Å². The first kappa shape index (κ1) is 18.8. The number of rotatable bonds is 5. The standard InChI is InChI=1S/C22H24ClN3O2/c23-20-6-2-1-5-16(20)14-24-22(28)17-13-21(27)26(15-17)19-9-7-18(8-10-19)25-11-3-4-12-25/h1-2,5-10,17H,3-4,11-15H2,(H,24,28). The first-order valence-electron chi connectivity index (χ1n) is 9.78. The van der Waals surface area contributed by atoms with Crippen molar-refractivity contribution in [3.05, 3.63) is 59.1 Å². The molecule has 0 spiro atoms. The minimum absolute atomic E-state index is 0.00758. The second-order valence-electron chi connectivity index (χ2n) is 7.43. The zero-order valence-corrected chi connectivity index (χ0v) is 16.5. The third-order valence-corrected chi connectivity index (χ3v) is 5.91. The Bertz CT molecular complexity index is 862. The van der Waals surface area contributed by atoms with Gasteiger partial charge in [-0.05, 0) is 48.7 Å². The molecule has 2 aliphatic heterocycles. The molecule has 2 aliphatic rings. The molecule has 5 nitrogen and oxygen atoms in total. The molecule has 2 fully saturated rings. The molecular weight excluding hydrogens is 374 g/mol. The summed E-state index contributed by atoms with van der Waals surface area (Å²) in [6, 6.07) is 15.5. The van der Waals surface area contributed by atoms with E-state index in [2.05, 4.69) is 22.3 Å². The number of nitrogens with zero attached hydrogens (tertiary/aromatic N) is 2. The summed E-state index contributed by atoms with van der Waals surface area (Å²) in [5.41, 5.74) is 2.92. The van der Waals surface area contributed by atoms with E-state index in [4.69, 9.17) is 11.6 Å². The Morgan fingerprint density at radius 2 is 1.71 bits per heavy atom. The van der Waals surface area contributed by atoms with Gasteiger partial charge in [-0.3, -0.25) is 9.59 Å². The quantitative estimate of drug-likeness (QED) is 0.838. The Hall–Kier alpha value is -2.53. The lowest BCUT2D eigenvalue weighted by molar-refractivity contribution is -0.126. The van der Waals surface area contributed by atoms with Crippen molar-refractivity contribution < 1.29 is 9.59 Å². The topological polar surface area (TPSA) is 52.7 Å². The summed E-state index contributed by atoms with van der Waals surface area (Å²) in [4.78, 5) is 29.1. The van der Waals surface area contributed by atoms with E-state index in [1.54, 1.807) is 11.0 Å². The largest absolute Gasteiger partial charge is 0.372 e. The van der Waals surface area contributed by atoms with Crippen LogP contribution >= 0.6 is 11.6 Å². The number of carbonyl (C=O) groups excluding carboxylic acids is 2. The van der Waals surface area contributed by atoms with Gasteiger partial charge in [0.15, 0.2) is 0 Å². The lowest BCUT2D eigenvalue weighted by Gasteiger charge is -2.20. The van der Waals surface area contributed by atoms with Gasteiger partial charge >= 0.3 is 0 Å². The molecule has 146 valence electrons. The Morgan fingerprint density at radius 3 is 2.43 bits per heavy atom. The van der Waals surface area contributed by atoms with Crippen molar-refractivity contribution >= 4 is 34.8 Å². The zero-order chi connectivity index (χ0) is 19.5. The Kier molecular flexibility index (Phi) is 5.53. The average Bonchev–Trinajstić information content (AvgIpc) is 3.37. The summed E-state index contributed by atoms with van der Waals surface area (Å²) < 4.78 is 0. The summed E-state index contributed by atoms with van der Waals surface area (Å²) in [5, 5.41) is 3.54. The van der Waals surface area contributed by atoms with Crippen LogP contribution in [0.5, 0.6) is 0 Å². The smallest absolute Gasteiger partial charge is 0.227 e. The van der Waals surface area contributed by atoms with Crippen molar-refractivity contribution in [1.29, 1.82) is 0 Å². The van der Waals surface area contributed by atoms with Crippen LogP contribution < -0.4 is 15.1 Å². The SMILES string of the molecule is O=C(NCc1ccccc1Cl)C1CC(=O)N(c2ccc(N3CCCC3)cc2)C1. The highest BCUT2D eigenvalue weighted by Crippen LogP contribution is 2.28. The van der Waals surface area contributed by atoms with Crippen LogP contribution in [0.1, 0.15) is 24.8 Å². The minimum Gasteiger partial charge on any atom is -0.372 e. The number of hydrogen-bond acceptors (Lipinski definition) is 3. The van der Waals surface area contributed by atoms with Crippen LogP contribution in [0.3, 0.4) is 0 Å². The number of halogens is 1. The van der Waals surface area contributed by atoms with E-state index in [1.807, 2.05) is 30.3 Å². The molecule has 2 saturated heterocycles. The van der Waals surface area contributed by atoms with Gasteiger partial charge in [0, 0.05) is 49.0 Å². The molecule has 0 saturated carbocycles. The molecule has 1 N–H and O–H groups in total. The number of anilines is 2. The highest BCUT2D eigenvalue weighted by atomic mass is 35.5. The second kappa shape index (κ2) is 8.23. The van der Waals surface area contributed by atoms with Crippen molar-refractivity contribution in [2.24, 2.45) is 5.92 Å². The average molecular weight is 398 g/mol. The van der Waals surface area contributed by atoms with E-state index in [9.17, 15) is 9.59 Å². The molecule has 1 atom stereocenters. The van der Waals surface area contributed by atoms with Crippen LogP contribution in [0.4, 0.5) is 11.4 Å². The molecular formula is C22H24ClN3O2. The van der Waals surface area contributed by atoms with E-state index in [-0.39, 0.29) is 24.2 Å². The number of benzene rings is 2. The normalized spacial score (nSPS) is 19.3. The predicted molar refractivity (Wildman–Crippen MR) is 112 cm³/mol. The molecule has 28 heavy (non-hydrogen) atoms. The van der Waals surface area contributed by atoms with E-state index in [1.165, 1.54) is 18.5 Å². The first-order valence-corrected chi connectivity index (χ1v) is 10.2. The minimum atomic E-state index is -0.340. The maximum atomic E-state index is 12.5. The fourth-order valence-corrected chi connectivity index (χ4v) is 4.12. The molecule has 0 aromatic heterocycles. The van der Waals surface area contributed by atoms with Gasteiger partial charge < -0.3 is 15.1 Å². The van der Waals surface area contributed by atoms with Crippen LogP contribution in [0, 0.1) is 5.92 Å². The van der Waals surface area contributed by atoms with E-state index in [0.29, 0.717) is 18.1 Å². The summed E-state index contributed by atoms with van der Waals surface area (Å²) in [6.45, 7) is 2.97. The van der Waals surface area contributed by atoms with Crippen LogP contribution in [0.15, 0.2) is 48.5 Å². The molecule has 2 heterocycles. The molecule has 0 radical (unpaired) electrons. The predicted octanol–water partition coefficient (Wildman–Crippen LogP) is 3.61. The number of nitrogens with one attached hydrogen (secondary N) is 1. The zero-order valence-electron chi connectivity index (χ0n) is 15.7. The monoisotopic (exact) mass is 397 g/mol. The van der Waals surface area contributed by atoms with Gasteiger partial charge in [0.2, 0.25) is 11.8 Å². The molecule has 2 amide bonds. The number of carbonyl (C=O) groups is 2. The van der Waals surface area contributed by atoms with E-state index in [0.717, 1.165) is 24.3 Å². The highest BCUT2D eigenvalue weighted by Gasteiger charge is 2.35. The van der Waals surface area contributed by atoms with Gasteiger partial charge in [-0.2, -0.15) is 0 Å². The van der Waals surface area contributed by atoms with Crippen LogP contribution in [0.2, 0.25) is 5.02 Å². The van der Waals surface area contributed by atoms with Crippen molar-refractivity contribution in [1.82, 2.24) is 5.32 Å². The molecule has 1 unspecified atom stereocenters. The third kappa shape index (κ3) is 3.99. The summed E-state index contributed by atoms with van der Waals surface area (Å²) in [7, 11) is 0. The van der Waals surface area contributed by atoms with Crippen molar-refractivity contribution in [2.45, 2.75) is 25.8 Å². The van der Waals surface area contributed by atoms with E-state index < -0.39 is 0 Å². The Balaban J connectivity index is 1.36. The highest BCUT2D eigenvalue weighted by molar-refractivity contribution is 6.31. The number of amides is 2. The molecule has 4 rings (SSSR count). The first-order chi connectivity index (χ1) is 13.6. The van der Waals surface area contributed by atoms with Gasteiger partial charge in [-0.15, -0.1) is 0 Å². The van der Waals surface area contributed by atoms with Gasteiger partial charge in [-0.1, -0.05) is 29.8 Å². The number of hydrogen-bond donors (Lipinski definition) is 1. The maximum absolute atomic E-state index is 12.5. The lowest BCUT2D eigenvalue weighted by atomic mass is 10.1. The molecule has 0 aliphatic carbocycles. The van der Waals surface area contributed by atoms with Gasteiger partial charge in [0.25, 0.3) is 0 Å². The van der Waals surface area contributed by atoms with Crippen molar-refractivity contribution in [2.75, 3.05) is 29.4 Å². The third-order valence-electron chi connectivity index (χ3n) is 5.54. The summed E-state index contributed by atoms with van der Waals surface area (Å²) >= 11 is 6.14. The fourth-order valence-electron chi connectivity index (χ4n) is 3.92. The van der Waals surface area contributed by atoms with Crippen molar-refractivity contribution in [3.63, 3.8) is 0 Å². The van der Waals surface area contributed by atoms with Crippen LogP contribution in [-0.2, 0) is 16.1 Å². The summed E-state index contributed by atoms with van der Waals surface area (Å²) in [6.07, 6.45) is 2.71. The lowest BCUT2D eigenvalue weighted by Crippen LogP contribution is -2.32.